The van der Waals surface area contributed by atoms with Gasteiger partial charge < -0.3 is 5.32 Å². The first-order valence-corrected chi connectivity index (χ1v) is 5.60. The van der Waals surface area contributed by atoms with E-state index >= 15 is 0 Å². The summed E-state index contributed by atoms with van der Waals surface area (Å²) in [5, 5.41) is 3.30. The van der Waals surface area contributed by atoms with Gasteiger partial charge in [0.1, 0.15) is 0 Å². The first-order chi connectivity index (χ1) is 6.79. The number of hydrogen-bond acceptors (Lipinski definition) is 1. The Morgan fingerprint density at radius 2 is 1.29 bits per heavy atom. The zero-order valence-corrected chi connectivity index (χ0v) is 10.5. The summed E-state index contributed by atoms with van der Waals surface area (Å²) in [7, 11) is 0. The third-order valence-corrected chi connectivity index (χ3v) is 1.23. The molecule has 0 aliphatic carbocycles. The number of hydrogen-bond donors (Lipinski definition) is 1. The molecule has 0 aliphatic heterocycles. The fourth-order valence-electron chi connectivity index (χ4n) is 0.868. The van der Waals surface area contributed by atoms with Crippen molar-refractivity contribution >= 4 is 5.69 Å². The smallest absolute Gasteiger partial charge is 0.0342 e. The molecule has 0 aromatic heterocycles. The van der Waals surface area contributed by atoms with Crippen LogP contribution in [0.15, 0.2) is 30.3 Å². The molecule has 0 saturated carbocycles. The topological polar surface area (TPSA) is 12.0 Å². The lowest BCUT2D eigenvalue weighted by atomic mass is 10.3. The molecule has 1 rings (SSSR count). The number of nitrogens with one attached hydrogen (secondary N) is 1. The highest BCUT2D eigenvalue weighted by Crippen LogP contribution is 2.05. The summed E-state index contributed by atoms with van der Waals surface area (Å²) in [6.45, 7) is 12.3. The van der Waals surface area contributed by atoms with E-state index in [-0.39, 0.29) is 0 Å². The molecule has 0 unspecified atom stereocenters. The van der Waals surface area contributed by atoms with Crippen molar-refractivity contribution in [3.63, 3.8) is 0 Å². The van der Waals surface area contributed by atoms with Crippen LogP contribution in [0.3, 0.4) is 0 Å². The highest BCUT2D eigenvalue weighted by atomic mass is 14.9. The molecule has 0 heterocycles. The summed E-state index contributed by atoms with van der Waals surface area (Å²) in [4.78, 5) is 0. The summed E-state index contributed by atoms with van der Waals surface area (Å²) in [5.74, 6) is 0. The molecule has 1 N–H and O–H groups in total. The van der Waals surface area contributed by atoms with Crippen molar-refractivity contribution in [2.45, 2.75) is 47.6 Å². The second-order valence-electron chi connectivity index (χ2n) is 2.67. The zero-order chi connectivity index (χ0) is 11.4. The van der Waals surface area contributed by atoms with Gasteiger partial charge in [-0.1, -0.05) is 45.9 Å². The first-order valence-electron chi connectivity index (χ1n) is 5.60. The minimum atomic E-state index is 0.516. The van der Waals surface area contributed by atoms with Gasteiger partial charge >= 0.3 is 0 Å². The molecular formula is C13H25N. The normalized spacial score (nSPS) is 7.93. The minimum Gasteiger partial charge on any atom is -0.383 e. The molecule has 0 aliphatic rings. The molecular weight excluding hydrogens is 170 g/mol. The molecule has 0 fully saturated rings. The van der Waals surface area contributed by atoms with Gasteiger partial charge in [-0.2, -0.15) is 0 Å². The Hall–Kier alpha value is -0.980. The van der Waals surface area contributed by atoms with Gasteiger partial charge in [0.2, 0.25) is 0 Å². The predicted octanol–water partition coefficient (Wildman–Crippen LogP) is 4.56. The van der Waals surface area contributed by atoms with E-state index in [1.54, 1.807) is 0 Å². The third-order valence-electron chi connectivity index (χ3n) is 1.23. The molecule has 1 nitrogen and oxygen atoms in total. The van der Waals surface area contributed by atoms with Crippen LogP contribution in [-0.4, -0.2) is 6.04 Å². The molecule has 0 bridgehead atoms. The first kappa shape index (κ1) is 15.5. The Bertz CT molecular complexity index is 180. The molecule has 1 aromatic rings. The fourth-order valence-corrected chi connectivity index (χ4v) is 0.868. The largest absolute Gasteiger partial charge is 0.383 e. The van der Waals surface area contributed by atoms with Crippen LogP contribution in [-0.2, 0) is 0 Å². The second kappa shape index (κ2) is 12.0. The van der Waals surface area contributed by atoms with Crippen LogP contribution in [0, 0.1) is 0 Å². The predicted molar refractivity (Wildman–Crippen MR) is 67.9 cm³/mol. The Morgan fingerprint density at radius 1 is 0.857 bits per heavy atom. The van der Waals surface area contributed by atoms with Crippen LogP contribution < -0.4 is 5.32 Å². The number of benzene rings is 1. The maximum atomic E-state index is 3.30. The van der Waals surface area contributed by atoms with E-state index in [4.69, 9.17) is 0 Å². The van der Waals surface area contributed by atoms with Crippen LogP contribution in [0.25, 0.3) is 0 Å². The summed E-state index contributed by atoms with van der Waals surface area (Å²) >= 11 is 0. The molecule has 1 aromatic carbocycles. The number of anilines is 1. The molecule has 0 saturated heterocycles. The van der Waals surface area contributed by atoms with E-state index in [0.717, 1.165) is 0 Å². The van der Waals surface area contributed by atoms with Crippen molar-refractivity contribution in [2.75, 3.05) is 5.32 Å². The highest BCUT2D eigenvalue weighted by Gasteiger charge is 1.90. The molecule has 0 amide bonds. The van der Waals surface area contributed by atoms with Crippen molar-refractivity contribution < 1.29 is 0 Å². The summed E-state index contributed by atoms with van der Waals surface area (Å²) in [6, 6.07) is 10.7. The van der Waals surface area contributed by atoms with Crippen LogP contribution in [0.1, 0.15) is 41.5 Å². The quantitative estimate of drug-likeness (QED) is 0.729. The lowest BCUT2D eigenvalue weighted by molar-refractivity contribution is 0.900. The van der Waals surface area contributed by atoms with Gasteiger partial charge in [-0.15, -0.1) is 0 Å². The number of rotatable bonds is 2. The van der Waals surface area contributed by atoms with Crippen LogP contribution in [0.4, 0.5) is 5.69 Å². The minimum absolute atomic E-state index is 0.516. The SMILES string of the molecule is CC.CC.CC(C)Nc1ccccc1. The monoisotopic (exact) mass is 195 g/mol. The van der Waals surface area contributed by atoms with Crippen LogP contribution in [0.5, 0.6) is 0 Å². The van der Waals surface area contributed by atoms with E-state index in [1.165, 1.54) is 5.69 Å². The molecule has 0 atom stereocenters. The van der Waals surface area contributed by atoms with Crippen LogP contribution >= 0.6 is 0 Å². The van der Waals surface area contributed by atoms with Gasteiger partial charge in [-0.25, -0.2) is 0 Å². The van der Waals surface area contributed by atoms with Crippen LogP contribution in [0.2, 0.25) is 0 Å². The second-order valence-corrected chi connectivity index (χ2v) is 2.67. The summed E-state index contributed by atoms with van der Waals surface area (Å²) in [6.07, 6.45) is 0. The van der Waals surface area contributed by atoms with E-state index in [2.05, 4.69) is 31.3 Å². The Labute approximate surface area is 89.5 Å². The van der Waals surface area contributed by atoms with Gasteiger partial charge in [0, 0.05) is 11.7 Å². The van der Waals surface area contributed by atoms with Crippen molar-refractivity contribution in [3.8, 4) is 0 Å². The zero-order valence-electron chi connectivity index (χ0n) is 10.5. The van der Waals surface area contributed by atoms with Gasteiger partial charge in [0.15, 0.2) is 0 Å². The third kappa shape index (κ3) is 9.11. The van der Waals surface area contributed by atoms with Gasteiger partial charge in [0.05, 0.1) is 0 Å². The van der Waals surface area contributed by atoms with Gasteiger partial charge in [-0.3, -0.25) is 0 Å². The van der Waals surface area contributed by atoms with E-state index < -0.39 is 0 Å². The summed E-state index contributed by atoms with van der Waals surface area (Å²) < 4.78 is 0. The molecule has 0 spiro atoms. The van der Waals surface area contributed by atoms with E-state index in [1.807, 2.05) is 45.9 Å². The summed E-state index contributed by atoms with van der Waals surface area (Å²) in [5.41, 5.74) is 1.19. The standard InChI is InChI=1S/C9H13N.2C2H6/c1-8(2)10-9-6-4-3-5-7-9;2*1-2/h3-8,10H,1-2H3;2*1-2H3. The molecule has 14 heavy (non-hydrogen) atoms. The van der Waals surface area contributed by atoms with Crippen molar-refractivity contribution in [1.82, 2.24) is 0 Å². The Balaban J connectivity index is 0. The average Bonchev–Trinajstić information content (AvgIpc) is 2.24. The Kier molecular flexibility index (Phi) is 13.3. The van der Waals surface area contributed by atoms with E-state index in [0.29, 0.717) is 6.04 Å². The van der Waals surface area contributed by atoms with Gasteiger partial charge in [-0.05, 0) is 26.0 Å². The van der Waals surface area contributed by atoms with Crippen molar-refractivity contribution in [3.05, 3.63) is 30.3 Å². The Morgan fingerprint density at radius 3 is 1.64 bits per heavy atom. The average molecular weight is 195 g/mol. The van der Waals surface area contributed by atoms with Gasteiger partial charge in [0.25, 0.3) is 0 Å². The lowest BCUT2D eigenvalue weighted by Crippen LogP contribution is -2.08. The number of para-hydroxylation sites is 1. The molecule has 0 radical (unpaired) electrons. The van der Waals surface area contributed by atoms with Crippen molar-refractivity contribution in [2.24, 2.45) is 0 Å². The highest BCUT2D eigenvalue weighted by molar-refractivity contribution is 5.42. The molecule has 82 valence electrons. The maximum absolute atomic E-state index is 3.30. The fraction of sp³-hybridized carbons (Fsp3) is 0.538. The van der Waals surface area contributed by atoms with E-state index in [9.17, 15) is 0 Å². The molecule has 1 heteroatoms. The lowest BCUT2D eigenvalue weighted by Gasteiger charge is -2.08. The van der Waals surface area contributed by atoms with Crippen molar-refractivity contribution in [1.29, 1.82) is 0 Å². The maximum Gasteiger partial charge on any atom is 0.0342 e.